The molecule has 0 saturated heterocycles. The number of benzene rings is 1. The van der Waals surface area contributed by atoms with E-state index in [1.54, 1.807) is 25.5 Å². The predicted molar refractivity (Wildman–Crippen MR) is 113 cm³/mol. The second-order valence-electron chi connectivity index (χ2n) is 7.18. The smallest absolute Gasteiger partial charge is 0.358 e. The SMILES string of the molecule is CCOC(=O)c1c(OC(C)C)c2c(=O)n(COCc3ccccc3)c(C)nc2n1C. The van der Waals surface area contributed by atoms with Gasteiger partial charge in [0.05, 0.1) is 19.3 Å². The third kappa shape index (κ3) is 4.23. The summed E-state index contributed by atoms with van der Waals surface area (Å²) in [6.07, 6.45) is -0.243. The number of carbonyl (C=O) groups is 1. The maximum Gasteiger partial charge on any atom is 0.358 e. The molecular weight excluding hydrogens is 386 g/mol. The number of hydrogen-bond donors (Lipinski definition) is 0. The molecule has 0 amide bonds. The largest absolute Gasteiger partial charge is 0.488 e. The van der Waals surface area contributed by atoms with Gasteiger partial charge in [0, 0.05) is 7.05 Å². The summed E-state index contributed by atoms with van der Waals surface area (Å²) in [6.45, 7) is 7.73. The van der Waals surface area contributed by atoms with Crippen LogP contribution in [-0.2, 0) is 29.9 Å². The molecule has 0 aliphatic rings. The first-order valence-electron chi connectivity index (χ1n) is 9.90. The summed E-state index contributed by atoms with van der Waals surface area (Å²) in [4.78, 5) is 30.5. The van der Waals surface area contributed by atoms with Crippen LogP contribution in [0.5, 0.6) is 5.75 Å². The first-order chi connectivity index (χ1) is 14.3. The van der Waals surface area contributed by atoms with Crippen LogP contribution in [0.25, 0.3) is 11.0 Å². The normalized spacial score (nSPS) is 11.3. The number of aromatic nitrogens is 3. The molecular formula is C22H27N3O5. The second kappa shape index (κ2) is 9.13. The zero-order chi connectivity index (χ0) is 21.8. The summed E-state index contributed by atoms with van der Waals surface area (Å²) in [7, 11) is 1.67. The van der Waals surface area contributed by atoms with E-state index in [2.05, 4.69) is 4.98 Å². The molecule has 8 heteroatoms. The molecule has 0 aliphatic heterocycles. The molecule has 30 heavy (non-hydrogen) atoms. The van der Waals surface area contributed by atoms with Crippen molar-refractivity contribution in [1.29, 1.82) is 0 Å². The molecule has 0 atom stereocenters. The van der Waals surface area contributed by atoms with Crippen LogP contribution < -0.4 is 10.3 Å². The van der Waals surface area contributed by atoms with E-state index in [9.17, 15) is 9.59 Å². The standard InChI is InChI=1S/C22H27N3O5/c1-6-29-22(27)18-19(30-14(2)3)17-20(24(18)5)23-15(4)25(21(17)26)13-28-12-16-10-8-7-9-11-16/h7-11,14H,6,12-13H2,1-5H3. The highest BCUT2D eigenvalue weighted by molar-refractivity contribution is 6.00. The summed E-state index contributed by atoms with van der Waals surface area (Å²) in [6, 6.07) is 9.70. The van der Waals surface area contributed by atoms with E-state index in [1.807, 2.05) is 44.2 Å². The fraction of sp³-hybridized carbons (Fsp3) is 0.409. The van der Waals surface area contributed by atoms with Gasteiger partial charge in [-0.3, -0.25) is 9.36 Å². The summed E-state index contributed by atoms with van der Waals surface area (Å²) >= 11 is 0. The third-order valence-corrected chi connectivity index (χ3v) is 4.59. The zero-order valence-corrected chi connectivity index (χ0v) is 18.0. The zero-order valence-electron chi connectivity index (χ0n) is 18.0. The lowest BCUT2D eigenvalue weighted by Gasteiger charge is -2.12. The average Bonchev–Trinajstić information content (AvgIpc) is 2.96. The van der Waals surface area contributed by atoms with Crippen molar-refractivity contribution in [2.45, 2.75) is 47.1 Å². The maximum atomic E-state index is 13.3. The second-order valence-corrected chi connectivity index (χ2v) is 7.18. The Bertz CT molecular complexity index is 1100. The predicted octanol–water partition coefficient (Wildman–Crippen LogP) is 3.18. The van der Waals surface area contributed by atoms with Crippen LogP contribution in [0.4, 0.5) is 0 Å². The molecule has 0 spiro atoms. The number of rotatable bonds is 8. The van der Waals surface area contributed by atoms with Crippen molar-refractivity contribution < 1.29 is 19.0 Å². The number of nitrogens with zero attached hydrogens (tertiary/aromatic N) is 3. The van der Waals surface area contributed by atoms with Crippen LogP contribution in [0.1, 0.15) is 42.6 Å². The van der Waals surface area contributed by atoms with E-state index in [4.69, 9.17) is 14.2 Å². The van der Waals surface area contributed by atoms with Gasteiger partial charge < -0.3 is 18.8 Å². The molecule has 0 bridgehead atoms. The quantitative estimate of drug-likeness (QED) is 0.528. The summed E-state index contributed by atoms with van der Waals surface area (Å²) in [5.41, 5.74) is 1.22. The Balaban J connectivity index is 2.06. The van der Waals surface area contributed by atoms with Crippen molar-refractivity contribution in [3.8, 4) is 5.75 Å². The van der Waals surface area contributed by atoms with Crippen LogP contribution in [0.15, 0.2) is 35.1 Å². The molecule has 1 aromatic carbocycles. The molecule has 0 N–H and O–H groups in total. The van der Waals surface area contributed by atoms with Crippen molar-refractivity contribution in [1.82, 2.24) is 14.1 Å². The van der Waals surface area contributed by atoms with Gasteiger partial charge in [-0.15, -0.1) is 0 Å². The van der Waals surface area contributed by atoms with Crippen LogP contribution in [0.2, 0.25) is 0 Å². The first-order valence-corrected chi connectivity index (χ1v) is 9.90. The summed E-state index contributed by atoms with van der Waals surface area (Å²) in [5, 5.41) is 0.239. The van der Waals surface area contributed by atoms with Crippen LogP contribution in [0, 0.1) is 6.92 Å². The number of aryl methyl sites for hydroxylation is 2. The van der Waals surface area contributed by atoms with Gasteiger partial charge in [0.1, 0.15) is 17.9 Å². The van der Waals surface area contributed by atoms with Gasteiger partial charge in [-0.05, 0) is 33.3 Å². The minimum Gasteiger partial charge on any atom is -0.488 e. The number of hydrogen-bond acceptors (Lipinski definition) is 6. The van der Waals surface area contributed by atoms with Crippen LogP contribution in [0.3, 0.4) is 0 Å². The van der Waals surface area contributed by atoms with Crippen LogP contribution >= 0.6 is 0 Å². The van der Waals surface area contributed by atoms with Crippen LogP contribution in [-0.4, -0.2) is 32.8 Å². The Labute approximate surface area is 175 Å². The van der Waals surface area contributed by atoms with Gasteiger partial charge in [0.2, 0.25) is 0 Å². The van der Waals surface area contributed by atoms with E-state index in [-0.39, 0.29) is 41.8 Å². The number of ether oxygens (including phenoxy) is 3. The Hall–Kier alpha value is -3.13. The van der Waals surface area contributed by atoms with E-state index in [0.717, 1.165) is 5.56 Å². The van der Waals surface area contributed by atoms with Crippen molar-refractivity contribution in [3.63, 3.8) is 0 Å². The van der Waals surface area contributed by atoms with Gasteiger partial charge in [-0.1, -0.05) is 30.3 Å². The average molecular weight is 413 g/mol. The highest BCUT2D eigenvalue weighted by Crippen LogP contribution is 2.31. The number of carbonyl (C=O) groups excluding carboxylic acids is 1. The van der Waals surface area contributed by atoms with E-state index in [1.165, 1.54) is 4.57 Å². The fourth-order valence-electron chi connectivity index (χ4n) is 3.23. The Kier molecular flexibility index (Phi) is 6.56. The van der Waals surface area contributed by atoms with Gasteiger partial charge in [-0.2, -0.15) is 0 Å². The molecule has 0 fully saturated rings. The molecule has 2 heterocycles. The minimum atomic E-state index is -0.558. The Morgan fingerprint density at radius 2 is 1.90 bits per heavy atom. The molecule has 0 saturated carbocycles. The molecule has 2 aromatic heterocycles. The third-order valence-electron chi connectivity index (χ3n) is 4.59. The molecule has 3 rings (SSSR count). The Morgan fingerprint density at radius 3 is 2.53 bits per heavy atom. The summed E-state index contributed by atoms with van der Waals surface area (Å²) in [5.74, 6) is 0.112. The van der Waals surface area contributed by atoms with Gasteiger partial charge in [0.25, 0.3) is 5.56 Å². The molecule has 3 aromatic rings. The molecule has 8 nitrogen and oxygen atoms in total. The van der Waals surface area contributed by atoms with Gasteiger partial charge in [0.15, 0.2) is 17.1 Å². The molecule has 160 valence electrons. The molecule has 0 unspecified atom stereocenters. The minimum absolute atomic E-state index is 0.0350. The lowest BCUT2D eigenvalue weighted by Crippen LogP contribution is -2.25. The lowest BCUT2D eigenvalue weighted by atomic mass is 10.2. The van der Waals surface area contributed by atoms with Crippen molar-refractivity contribution in [2.24, 2.45) is 7.05 Å². The lowest BCUT2D eigenvalue weighted by molar-refractivity contribution is 0.0509. The van der Waals surface area contributed by atoms with Crippen molar-refractivity contribution in [2.75, 3.05) is 6.61 Å². The summed E-state index contributed by atoms with van der Waals surface area (Å²) < 4.78 is 19.8. The fourth-order valence-corrected chi connectivity index (χ4v) is 3.23. The first kappa shape index (κ1) is 21.6. The molecule has 0 aliphatic carbocycles. The van der Waals surface area contributed by atoms with E-state index in [0.29, 0.717) is 18.1 Å². The number of fused-ring (bicyclic) bond motifs is 1. The maximum absolute atomic E-state index is 13.3. The monoisotopic (exact) mass is 413 g/mol. The highest BCUT2D eigenvalue weighted by Gasteiger charge is 2.28. The van der Waals surface area contributed by atoms with E-state index >= 15 is 0 Å². The topological polar surface area (TPSA) is 84.6 Å². The Morgan fingerprint density at radius 1 is 1.20 bits per heavy atom. The van der Waals surface area contributed by atoms with Gasteiger partial charge in [-0.25, -0.2) is 9.78 Å². The van der Waals surface area contributed by atoms with Gasteiger partial charge >= 0.3 is 5.97 Å². The number of esters is 1. The highest BCUT2D eigenvalue weighted by atomic mass is 16.5. The van der Waals surface area contributed by atoms with Crippen molar-refractivity contribution in [3.05, 3.63) is 57.8 Å². The van der Waals surface area contributed by atoms with Crippen molar-refractivity contribution >= 4 is 17.0 Å². The molecule has 0 radical (unpaired) electrons. The van der Waals surface area contributed by atoms with E-state index < -0.39 is 5.97 Å².